The number of rotatable bonds is 7. The van der Waals surface area contributed by atoms with Gasteiger partial charge in [-0.05, 0) is 97.1 Å². The fourth-order valence-corrected chi connectivity index (χ4v) is 10.7. The van der Waals surface area contributed by atoms with Gasteiger partial charge in [0.2, 0.25) is 0 Å². The van der Waals surface area contributed by atoms with Crippen LogP contribution in [0.2, 0.25) is 0 Å². The Bertz CT molecular complexity index is 3690. The summed E-state index contributed by atoms with van der Waals surface area (Å²) in [6.45, 7) is 20.6. The fraction of sp³-hybridized carbons (Fsp3) is 0.169. The van der Waals surface area contributed by atoms with Crippen molar-refractivity contribution in [3.63, 3.8) is 0 Å². The second kappa shape index (κ2) is 17.3. The Morgan fingerprint density at radius 1 is 0.535 bits per heavy atom. The monoisotopic (exact) mass is 1100 g/mol. The van der Waals surface area contributed by atoms with Crippen molar-refractivity contribution in [3.05, 3.63) is 223 Å². The summed E-state index contributed by atoms with van der Waals surface area (Å²) in [6, 6.07) is 70.7. The van der Waals surface area contributed by atoms with Gasteiger partial charge in [-0.1, -0.05) is 170 Å². The molecule has 2 aromatic heterocycles. The van der Waals surface area contributed by atoms with Crippen molar-refractivity contribution in [2.45, 2.75) is 71.6 Å². The molecule has 0 N–H and O–H groups in total. The molecule has 1 aliphatic carbocycles. The molecule has 1 aliphatic heterocycles. The van der Waals surface area contributed by atoms with Crippen LogP contribution in [-0.4, -0.2) is 9.55 Å². The zero-order chi connectivity index (χ0) is 48.1. The van der Waals surface area contributed by atoms with Crippen molar-refractivity contribution in [3.8, 4) is 50.7 Å². The van der Waals surface area contributed by atoms with Crippen molar-refractivity contribution < 1.29 is 25.8 Å². The summed E-state index contributed by atoms with van der Waals surface area (Å²) >= 11 is 0. The van der Waals surface area contributed by atoms with E-state index in [4.69, 9.17) is 9.72 Å². The molecule has 0 saturated carbocycles. The SMILES string of the molecule is CC(C)(C)c1cc(-c2ccccc2)cc(-c2ccc3c(c2N2[CH-]N(c4[c-]c(Oc5[c-]c6c(cc5)c5ccccc5n6-c5cc(C(C)(C)C)ccn5)ccc4)c4ccccc42)-c2ccccc2C3(C)C)c1.[Pt]. The average molecular weight is 1100 g/mol. The van der Waals surface area contributed by atoms with E-state index in [-0.39, 0.29) is 37.3 Å². The minimum atomic E-state index is -0.193. The number of anilines is 4. The third-order valence-corrected chi connectivity index (χ3v) is 14.4. The smallest absolute Gasteiger partial charge is 0.135 e. The van der Waals surface area contributed by atoms with Crippen molar-refractivity contribution in [1.82, 2.24) is 9.55 Å². The summed E-state index contributed by atoms with van der Waals surface area (Å²) in [5, 5.41) is 2.23. The van der Waals surface area contributed by atoms with Crippen LogP contribution in [0, 0.1) is 18.8 Å². The van der Waals surface area contributed by atoms with Gasteiger partial charge in [-0.3, -0.25) is 0 Å². The third-order valence-electron chi connectivity index (χ3n) is 14.4. The molecule has 71 heavy (non-hydrogen) atoms. The summed E-state index contributed by atoms with van der Waals surface area (Å²) in [4.78, 5) is 9.55. The number of pyridine rings is 1. The Kier molecular flexibility index (Phi) is 11.2. The van der Waals surface area contributed by atoms with Gasteiger partial charge in [0, 0.05) is 77.9 Å². The van der Waals surface area contributed by atoms with Crippen LogP contribution < -0.4 is 14.5 Å². The molecule has 0 unspecified atom stereocenters. The van der Waals surface area contributed by atoms with Gasteiger partial charge in [0.15, 0.2) is 0 Å². The molecule has 0 fully saturated rings. The second-order valence-electron chi connectivity index (χ2n) is 21.4. The van der Waals surface area contributed by atoms with Crippen LogP contribution in [0.4, 0.5) is 22.7 Å². The second-order valence-corrected chi connectivity index (χ2v) is 21.4. The molecule has 8 aromatic carbocycles. The molecule has 0 atom stereocenters. The summed E-state index contributed by atoms with van der Waals surface area (Å²) in [6.07, 6.45) is 1.91. The van der Waals surface area contributed by atoms with Crippen LogP contribution in [0.25, 0.3) is 61.0 Å². The molecule has 6 heteroatoms. The molecule has 0 spiro atoms. The number of aromatic nitrogens is 2. The first-order valence-electron chi connectivity index (χ1n) is 24.4. The van der Waals surface area contributed by atoms with Gasteiger partial charge in [0.1, 0.15) is 5.82 Å². The molecule has 0 saturated heterocycles. The molecule has 0 bridgehead atoms. The van der Waals surface area contributed by atoms with E-state index in [1.165, 1.54) is 55.6 Å². The van der Waals surface area contributed by atoms with Crippen LogP contribution in [0.1, 0.15) is 77.6 Å². The van der Waals surface area contributed by atoms with E-state index >= 15 is 0 Å². The number of ether oxygens (including phenoxy) is 1. The van der Waals surface area contributed by atoms with Crippen LogP contribution >= 0.6 is 0 Å². The van der Waals surface area contributed by atoms with Crippen LogP contribution in [0.15, 0.2) is 182 Å². The van der Waals surface area contributed by atoms with E-state index in [2.05, 4.69) is 246 Å². The van der Waals surface area contributed by atoms with Crippen LogP contribution in [-0.2, 0) is 37.3 Å². The Hall–Kier alpha value is -7.20. The third kappa shape index (κ3) is 7.86. The Balaban J connectivity index is 0.00000547. The van der Waals surface area contributed by atoms with Crippen molar-refractivity contribution in [2.24, 2.45) is 0 Å². The summed E-state index contributed by atoms with van der Waals surface area (Å²) < 4.78 is 8.94. The molecule has 2 aliphatic rings. The number of hydrogen-bond donors (Lipinski definition) is 0. The number of para-hydroxylation sites is 3. The normalized spacial score (nSPS) is 13.8. The minimum absolute atomic E-state index is 0. The molecule has 0 amide bonds. The molecule has 5 nitrogen and oxygen atoms in total. The van der Waals surface area contributed by atoms with Gasteiger partial charge in [-0.25, -0.2) is 4.98 Å². The molecule has 10 aromatic rings. The topological polar surface area (TPSA) is 33.5 Å². The molecular weight excluding hydrogens is 1050 g/mol. The van der Waals surface area contributed by atoms with Crippen LogP contribution in [0.5, 0.6) is 11.5 Å². The van der Waals surface area contributed by atoms with E-state index in [1.807, 2.05) is 24.4 Å². The first-order valence-corrected chi connectivity index (χ1v) is 24.4. The van der Waals surface area contributed by atoms with Gasteiger partial charge >= 0.3 is 0 Å². The van der Waals surface area contributed by atoms with Gasteiger partial charge < -0.3 is 19.1 Å². The quantitative estimate of drug-likeness (QED) is 0.149. The van der Waals surface area contributed by atoms with E-state index in [9.17, 15) is 0 Å². The zero-order valence-corrected chi connectivity index (χ0v) is 43.7. The summed E-state index contributed by atoms with van der Waals surface area (Å²) in [7, 11) is 0. The standard InChI is InChI=1S/C65H55N4O.Pt/c1-63(2,3)45-33-34-66-60(38-45)69-56-26-15-13-23-51(56)52-30-29-49(40-59(52)69)70-48-22-18-21-47(39-48)67-41-68(58-28-17-16-27-57(58)67)62-50(31-32-55-61(62)53-24-12-14-25-54(53)65(55,7)8)44-35-43(42-19-10-9-11-20-42)36-46(37-44)64(4,5)6;/h9-38,41H,1-8H3;/q-3;. The molecule has 12 rings (SSSR count). The number of benzene rings is 8. The van der Waals surface area contributed by atoms with E-state index < -0.39 is 0 Å². The maximum atomic E-state index is 6.74. The predicted molar refractivity (Wildman–Crippen MR) is 290 cm³/mol. The van der Waals surface area contributed by atoms with Gasteiger partial charge in [-0.15, -0.1) is 48.1 Å². The van der Waals surface area contributed by atoms with Crippen LogP contribution in [0.3, 0.4) is 0 Å². The molecule has 354 valence electrons. The van der Waals surface area contributed by atoms with E-state index in [0.717, 1.165) is 50.4 Å². The van der Waals surface area contributed by atoms with Gasteiger partial charge in [0.05, 0.1) is 0 Å². The first kappa shape index (κ1) is 46.2. The van der Waals surface area contributed by atoms with Gasteiger partial charge in [-0.2, -0.15) is 12.1 Å². The Morgan fingerprint density at radius 2 is 1.23 bits per heavy atom. The Morgan fingerprint density at radius 3 is 2.01 bits per heavy atom. The minimum Gasteiger partial charge on any atom is -0.509 e. The van der Waals surface area contributed by atoms with Crippen molar-refractivity contribution in [2.75, 3.05) is 9.80 Å². The number of nitrogens with zero attached hydrogens (tertiary/aromatic N) is 4. The Labute approximate surface area is 432 Å². The molecule has 3 heterocycles. The van der Waals surface area contributed by atoms with Gasteiger partial charge in [0.25, 0.3) is 0 Å². The maximum absolute atomic E-state index is 6.74. The molecule has 0 radical (unpaired) electrons. The van der Waals surface area contributed by atoms with E-state index in [0.29, 0.717) is 11.5 Å². The average Bonchev–Trinajstić information content (AvgIpc) is 3.99. The summed E-state index contributed by atoms with van der Waals surface area (Å²) in [5.74, 6) is 2.05. The predicted octanol–water partition coefficient (Wildman–Crippen LogP) is 17.2. The maximum Gasteiger partial charge on any atom is 0.135 e. The van der Waals surface area contributed by atoms with Crippen molar-refractivity contribution >= 4 is 44.6 Å². The van der Waals surface area contributed by atoms with Crippen molar-refractivity contribution in [1.29, 1.82) is 0 Å². The zero-order valence-electron chi connectivity index (χ0n) is 41.4. The largest absolute Gasteiger partial charge is 0.509 e. The first-order chi connectivity index (χ1) is 33.7. The number of fused-ring (bicyclic) bond motifs is 7. The number of hydrogen-bond acceptors (Lipinski definition) is 4. The molecular formula is C65H55N4OPt-3. The summed E-state index contributed by atoms with van der Waals surface area (Å²) in [5.41, 5.74) is 18.3. The van der Waals surface area contributed by atoms with E-state index in [1.54, 1.807) is 0 Å². The fourth-order valence-electron chi connectivity index (χ4n) is 10.7.